The first kappa shape index (κ1) is 14.5. The number of benzene rings is 1. The van der Waals surface area contributed by atoms with Crippen molar-refractivity contribution < 1.29 is 4.79 Å². The quantitative estimate of drug-likeness (QED) is 0.537. The number of carbonyl (C=O) groups is 1. The molecule has 2 nitrogen and oxygen atoms in total. The lowest BCUT2D eigenvalue weighted by Crippen LogP contribution is -2.21. The van der Waals surface area contributed by atoms with E-state index < -0.39 is 5.41 Å². The highest BCUT2D eigenvalue weighted by molar-refractivity contribution is 6.08. The smallest absolute Gasteiger partial charge is 0.233 e. The predicted molar refractivity (Wildman–Crippen MR) is 82.1 cm³/mol. The minimum Gasteiger partial charge on any atom is -0.307 e. The molecule has 104 valence electrons. The van der Waals surface area contributed by atoms with Crippen molar-refractivity contribution >= 4 is 11.4 Å². The lowest BCUT2D eigenvalue weighted by Gasteiger charge is -2.19. The molecule has 0 heterocycles. The van der Waals surface area contributed by atoms with E-state index in [0.717, 1.165) is 17.6 Å². The Labute approximate surface area is 121 Å². The van der Waals surface area contributed by atoms with E-state index >= 15 is 0 Å². The summed E-state index contributed by atoms with van der Waals surface area (Å²) in [6.07, 6.45) is 0.756. The molecule has 0 amide bonds. The topological polar surface area (TPSA) is 21.4 Å². The van der Waals surface area contributed by atoms with Gasteiger partial charge in [-0.15, -0.1) is 0 Å². The van der Waals surface area contributed by atoms with E-state index in [9.17, 15) is 4.79 Å². The predicted octanol–water partition coefficient (Wildman–Crippen LogP) is 4.61. The summed E-state index contributed by atoms with van der Waals surface area (Å²) in [5.41, 5.74) is 3.00. The number of hydrogen-bond acceptors (Lipinski definition) is 1. The van der Waals surface area contributed by atoms with Crippen molar-refractivity contribution in [3.63, 3.8) is 0 Å². The summed E-state index contributed by atoms with van der Waals surface area (Å²) >= 11 is 0. The van der Waals surface area contributed by atoms with Gasteiger partial charge in [0.05, 0.1) is 6.57 Å². The second-order valence-electron chi connectivity index (χ2n) is 7.12. The van der Waals surface area contributed by atoms with Crippen LogP contribution in [0.5, 0.6) is 0 Å². The molecule has 1 aromatic rings. The number of allylic oxidation sites excluding steroid dienone is 2. The van der Waals surface area contributed by atoms with E-state index in [0.29, 0.717) is 5.70 Å². The summed E-state index contributed by atoms with van der Waals surface area (Å²) in [5, 5.41) is 0. The molecule has 0 unspecified atom stereocenters. The van der Waals surface area contributed by atoms with Gasteiger partial charge in [0.1, 0.15) is 0 Å². The van der Waals surface area contributed by atoms with Gasteiger partial charge in [-0.1, -0.05) is 58.9 Å². The Morgan fingerprint density at radius 3 is 2.40 bits per heavy atom. The molecule has 0 N–H and O–H groups in total. The normalized spacial score (nSPS) is 19.2. The molecule has 0 saturated carbocycles. The van der Waals surface area contributed by atoms with Crippen LogP contribution in [0, 0.1) is 12.0 Å². The summed E-state index contributed by atoms with van der Waals surface area (Å²) in [7, 11) is 0. The van der Waals surface area contributed by atoms with Gasteiger partial charge in [0.15, 0.2) is 5.78 Å². The maximum Gasteiger partial charge on any atom is 0.233 e. The van der Waals surface area contributed by atoms with E-state index in [1.165, 1.54) is 5.56 Å². The zero-order chi connectivity index (χ0) is 15.1. The van der Waals surface area contributed by atoms with Crippen molar-refractivity contribution in [3.8, 4) is 0 Å². The molecule has 0 bridgehead atoms. The van der Waals surface area contributed by atoms with Gasteiger partial charge in [-0.2, -0.15) is 0 Å². The fourth-order valence-corrected chi connectivity index (χ4v) is 2.79. The van der Waals surface area contributed by atoms with Crippen molar-refractivity contribution in [2.75, 3.05) is 0 Å². The number of Topliss-reactive ketones (excluding diaryl/α,β-unsaturated/α-hetero) is 1. The zero-order valence-electron chi connectivity index (χ0n) is 12.9. The average molecular weight is 267 g/mol. The van der Waals surface area contributed by atoms with Crippen LogP contribution >= 0.6 is 0 Å². The number of fused-ring (bicyclic) bond motifs is 1. The van der Waals surface area contributed by atoms with Gasteiger partial charge in [-0.05, 0) is 28.5 Å². The molecule has 0 aromatic heterocycles. The zero-order valence-corrected chi connectivity index (χ0v) is 12.9. The molecular formula is C18H21NO. The monoisotopic (exact) mass is 267 g/mol. The van der Waals surface area contributed by atoms with Gasteiger partial charge in [0.2, 0.25) is 5.70 Å². The van der Waals surface area contributed by atoms with Gasteiger partial charge >= 0.3 is 0 Å². The first-order chi connectivity index (χ1) is 9.18. The largest absolute Gasteiger partial charge is 0.307 e. The first-order valence-corrected chi connectivity index (χ1v) is 6.94. The minimum atomic E-state index is -0.519. The molecule has 1 aromatic carbocycles. The number of rotatable bonds is 1. The third-order valence-corrected chi connectivity index (χ3v) is 3.89. The lowest BCUT2D eigenvalue weighted by molar-refractivity contribution is -0.122. The summed E-state index contributed by atoms with van der Waals surface area (Å²) in [6, 6.07) is 8.13. The summed E-state index contributed by atoms with van der Waals surface area (Å²) in [5.74, 6) is -0.0602. The Kier molecular flexibility index (Phi) is 3.34. The molecule has 2 rings (SSSR count). The van der Waals surface area contributed by atoms with Gasteiger partial charge in [-0.3, -0.25) is 0 Å². The summed E-state index contributed by atoms with van der Waals surface area (Å²) in [4.78, 5) is 16.1. The number of ketones is 1. The highest BCUT2D eigenvalue weighted by Gasteiger charge is 2.37. The number of hydrogen-bond donors (Lipinski definition) is 0. The number of nitrogens with zero attached hydrogens (tertiary/aromatic N) is 1. The molecule has 0 radical (unpaired) electrons. The summed E-state index contributed by atoms with van der Waals surface area (Å²) in [6.45, 7) is 17.4. The SMILES string of the molecule is [C-]#[N+]/C(C(=O)C(C)(C)C)=C1/CC(C)(C)c2ccccc21. The Morgan fingerprint density at radius 1 is 1.25 bits per heavy atom. The van der Waals surface area contributed by atoms with E-state index in [1.54, 1.807) is 0 Å². The first-order valence-electron chi connectivity index (χ1n) is 6.94. The van der Waals surface area contributed by atoms with Crippen LogP contribution in [-0.2, 0) is 10.2 Å². The van der Waals surface area contributed by atoms with E-state index in [2.05, 4.69) is 24.8 Å². The third-order valence-electron chi connectivity index (χ3n) is 3.89. The molecule has 20 heavy (non-hydrogen) atoms. The van der Waals surface area contributed by atoms with Crippen LogP contribution in [0.1, 0.15) is 52.2 Å². The maximum absolute atomic E-state index is 12.5. The van der Waals surface area contributed by atoms with E-state index in [-0.39, 0.29) is 11.2 Å². The average Bonchev–Trinajstić information content (AvgIpc) is 2.62. The van der Waals surface area contributed by atoms with E-state index in [1.807, 2.05) is 39.0 Å². The van der Waals surface area contributed by atoms with Crippen LogP contribution in [-0.4, -0.2) is 5.78 Å². The molecule has 0 aliphatic heterocycles. The molecule has 1 aliphatic rings. The van der Waals surface area contributed by atoms with Gasteiger partial charge in [0, 0.05) is 5.41 Å². The Hall–Kier alpha value is -1.88. The molecule has 0 atom stereocenters. The van der Waals surface area contributed by atoms with Crippen LogP contribution in [0.25, 0.3) is 10.4 Å². The van der Waals surface area contributed by atoms with E-state index in [4.69, 9.17) is 6.57 Å². The van der Waals surface area contributed by atoms with Crippen LogP contribution in [0.3, 0.4) is 0 Å². The second-order valence-corrected chi connectivity index (χ2v) is 7.12. The van der Waals surface area contributed by atoms with Gasteiger partial charge < -0.3 is 4.79 Å². The molecule has 1 aliphatic carbocycles. The highest BCUT2D eigenvalue weighted by Crippen LogP contribution is 2.47. The molecule has 0 spiro atoms. The lowest BCUT2D eigenvalue weighted by atomic mass is 9.85. The molecular weight excluding hydrogens is 246 g/mol. The Balaban J connectivity index is 2.67. The molecule has 0 saturated heterocycles. The van der Waals surface area contributed by atoms with Crippen LogP contribution in [0.15, 0.2) is 30.0 Å². The standard InChI is InChI=1S/C18H21NO/c1-17(2,3)16(20)15(19-6)13-11-18(4,5)14-10-8-7-9-12(13)14/h7-10H,11H2,1-5H3/b15-13-. The fraction of sp³-hybridized carbons (Fsp3) is 0.444. The minimum absolute atomic E-state index is 0.0139. The second kappa shape index (κ2) is 4.59. The summed E-state index contributed by atoms with van der Waals surface area (Å²) < 4.78 is 0. The van der Waals surface area contributed by atoms with Crippen molar-refractivity contribution in [2.45, 2.75) is 46.5 Å². The molecule has 0 fully saturated rings. The van der Waals surface area contributed by atoms with Gasteiger partial charge in [-0.25, -0.2) is 4.85 Å². The van der Waals surface area contributed by atoms with Crippen LogP contribution in [0.4, 0.5) is 0 Å². The van der Waals surface area contributed by atoms with Gasteiger partial charge in [0.25, 0.3) is 0 Å². The number of carbonyl (C=O) groups excluding carboxylic acids is 1. The van der Waals surface area contributed by atoms with Crippen molar-refractivity contribution in [1.29, 1.82) is 0 Å². The maximum atomic E-state index is 12.5. The Bertz CT molecular complexity index is 636. The van der Waals surface area contributed by atoms with Crippen LogP contribution < -0.4 is 0 Å². The third kappa shape index (κ3) is 2.29. The fourth-order valence-electron chi connectivity index (χ4n) is 2.79. The van der Waals surface area contributed by atoms with Crippen molar-refractivity contribution in [3.05, 3.63) is 52.5 Å². The van der Waals surface area contributed by atoms with Crippen molar-refractivity contribution in [1.82, 2.24) is 0 Å². The Morgan fingerprint density at radius 2 is 1.85 bits per heavy atom. The molecule has 2 heteroatoms. The van der Waals surface area contributed by atoms with Crippen LogP contribution in [0.2, 0.25) is 0 Å². The highest BCUT2D eigenvalue weighted by atomic mass is 16.1. The van der Waals surface area contributed by atoms with Crippen molar-refractivity contribution in [2.24, 2.45) is 5.41 Å².